The molecule has 6 nitrogen and oxygen atoms in total. The smallest absolute Gasteiger partial charge is 0.255 e. The van der Waals surface area contributed by atoms with E-state index in [1.165, 1.54) is 11.3 Å². The van der Waals surface area contributed by atoms with Crippen LogP contribution in [0.4, 0.5) is 0 Å². The number of hydrazine groups is 1. The molecular formula is C19H17N3O3. The molecule has 1 saturated heterocycles. The van der Waals surface area contributed by atoms with Crippen molar-refractivity contribution in [3.63, 3.8) is 0 Å². The first kappa shape index (κ1) is 15.4. The van der Waals surface area contributed by atoms with Crippen LogP contribution in [-0.4, -0.2) is 34.3 Å². The zero-order valence-electron chi connectivity index (χ0n) is 13.5. The third-order valence-electron chi connectivity index (χ3n) is 4.39. The summed E-state index contributed by atoms with van der Waals surface area (Å²) in [6.07, 6.45) is 2.69. The Labute approximate surface area is 145 Å². The number of hydrogen-bond donors (Lipinski definition) is 1. The summed E-state index contributed by atoms with van der Waals surface area (Å²) in [6, 6.07) is 17.4. The Morgan fingerprint density at radius 3 is 2.44 bits per heavy atom. The van der Waals surface area contributed by atoms with Gasteiger partial charge in [-0.1, -0.05) is 48.1 Å². The molecule has 0 radical (unpaired) electrons. The van der Waals surface area contributed by atoms with Gasteiger partial charge in [-0.2, -0.15) is 0 Å². The summed E-state index contributed by atoms with van der Waals surface area (Å²) in [5, 5.41) is 1.51. The number of rotatable bonds is 3. The van der Waals surface area contributed by atoms with E-state index >= 15 is 0 Å². The van der Waals surface area contributed by atoms with E-state index in [0.717, 1.165) is 11.1 Å². The molecule has 0 saturated carbocycles. The molecular weight excluding hydrogens is 318 g/mol. The van der Waals surface area contributed by atoms with Crippen molar-refractivity contribution >= 4 is 11.7 Å². The zero-order valence-corrected chi connectivity index (χ0v) is 13.5. The maximum Gasteiger partial charge on any atom is 0.255 e. The molecule has 4 rings (SSSR count). The SMILES string of the molecule is O=C1CCN(C(=O)c2ccc(-c3ccccc3)cc2)C1N1C=CON1. The summed E-state index contributed by atoms with van der Waals surface area (Å²) < 4.78 is 0. The van der Waals surface area contributed by atoms with Gasteiger partial charge in [0.05, 0.1) is 6.20 Å². The second-order valence-electron chi connectivity index (χ2n) is 5.93. The van der Waals surface area contributed by atoms with E-state index < -0.39 is 6.17 Å². The average molecular weight is 335 g/mol. The predicted molar refractivity (Wildman–Crippen MR) is 91.5 cm³/mol. The Balaban J connectivity index is 1.56. The molecule has 2 aliphatic heterocycles. The van der Waals surface area contributed by atoms with Crippen molar-refractivity contribution in [1.82, 2.24) is 15.5 Å². The molecule has 0 bridgehead atoms. The number of nitrogens with zero attached hydrogens (tertiary/aromatic N) is 2. The molecule has 0 aliphatic carbocycles. The molecule has 1 atom stereocenters. The molecule has 1 fully saturated rings. The minimum atomic E-state index is -0.681. The van der Waals surface area contributed by atoms with Crippen molar-refractivity contribution < 1.29 is 14.4 Å². The van der Waals surface area contributed by atoms with Gasteiger partial charge in [0.25, 0.3) is 5.91 Å². The van der Waals surface area contributed by atoms with Gasteiger partial charge in [0.1, 0.15) is 6.26 Å². The van der Waals surface area contributed by atoms with E-state index in [-0.39, 0.29) is 11.7 Å². The predicted octanol–water partition coefficient (Wildman–Crippen LogP) is 2.32. The van der Waals surface area contributed by atoms with Gasteiger partial charge in [0.2, 0.25) is 0 Å². The Morgan fingerprint density at radius 2 is 1.76 bits per heavy atom. The average Bonchev–Trinajstić information content (AvgIpc) is 3.31. The molecule has 2 aliphatic rings. The minimum absolute atomic E-state index is 0.0168. The Kier molecular flexibility index (Phi) is 3.95. The first-order chi connectivity index (χ1) is 12.2. The third kappa shape index (κ3) is 2.88. The van der Waals surface area contributed by atoms with E-state index in [0.29, 0.717) is 18.5 Å². The number of nitrogens with one attached hydrogen (secondary N) is 1. The van der Waals surface area contributed by atoms with Crippen LogP contribution >= 0.6 is 0 Å². The number of amides is 1. The first-order valence-electron chi connectivity index (χ1n) is 8.09. The highest BCUT2D eigenvalue weighted by Crippen LogP contribution is 2.23. The number of Topliss-reactive ketones (excluding diaryl/α,β-unsaturated/α-hetero) is 1. The fourth-order valence-corrected chi connectivity index (χ4v) is 3.12. The van der Waals surface area contributed by atoms with E-state index in [1.54, 1.807) is 23.2 Å². The van der Waals surface area contributed by atoms with E-state index in [9.17, 15) is 9.59 Å². The fourth-order valence-electron chi connectivity index (χ4n) is 3.12. The van der Waals surface area contributed by atoms with Gasteiger partial charge < -0.3 is 9.74 Å². The summed E-state index contributed by atoms with van der Waals surface area (Å²) in [7, 11) is 0. The third-order valence-corrected chi connectivity index (χ3v) is 4.39. The van der Waals surface area contributed by atoms with Crippen molar-refractivity contribution in [2.45, 2.75) is 12.6 Å². The van der Waals surface area contributed by atoms with Crippen LogP contribution in [0.2, 0.25) is 0 Å². The number of hydrogen-bond acceptors (Lipinski definition) is 5. The van der Waals surface area contributed by atoms with Crippen LogP contribution in [0.15, 0.2) is 67.1 Å². The van der Waals surface area contributed by atoms with Gasteiger partial charge in [0.15, 0.2) is 11.9 Å². The highest BCUT2D eigenvalue weighted by Gasteiger charge is 2.40. The summed E-state index contributed by atoms with van der Waals surface area (Å²) in [6.45, 7) is 0.398. The molecule has 6 heteroatoms. The molecule has 25 heavy (non-hydrogen) atoms. The molecule has 2 heterocycles. The standard InChI is InChI=1S/C19H17N3O3/c23-17-10-11-21(18(17)22-12-13-25-20-22)19(24)16-8-6-15(7-9-16)14-4-2-1-3-5-14/h1-9,12-13,18,20H,10-11H2. The lowest BCUT2D eigenvalue weighted by Crippen LogP contribution is -2.51. The summed E-state index contributed by atoms with van der Waals surface area (Å²) >= 11 is 0. The van der Waals surface area contributed by atoms with Crippen LogP contribution in [0.25, 0.3) is 11.1 Å². The lowest BCUT2D eigenvalue weighted by molar-refractivity contribution is -0.127. The number of ketones is 1. The highest BCUT2D eigenvalue weighted by molar-refractivity contribution is 6.00. The molecule has 1 amide bonds. The lowest BCUT2D eigenvalue weighted by Gasteiger charge is -2.29. The quantitative estimate of drug-likeness (QED) is 0.933. The Hall–Kier alpha value is -3.12. The number of likely N-dealkylation sites (tertiary alicyclic amines) is 1. The minimum Gasteiger partial charge on any atom is -0.395 e. The largest absolute Gasteiger partial charge is 0.395 e. The zero-order chi connectivity index (χ0) is 17.2. The second kappa shape index (κ2) is 6.41. The normalized spacial score (nSPS) is 19.4. The van der Waals surface area contributed by atoms with Crippen LogP contribution in [0.1, 0.15) is 16.8 Å². The van der Waals surface area contributed by atoms with Crippen molar-refractivity contribution in [3.05, 3.63) is 72.6 Å². The van der Waals surface area contributed by atoms with Crippen LogP contribution in [0.5, 0.6) is 0 Å². The summed E-state index contributed by atoms with van der Waals surface area (Å²) in [4.78, 5) is 31.5. The molecule has 1 N–H and O–H groups in total. The van der Waals surface area contributed by atoms with Crippen molar-refractivity contribution in [1.29, 1.82) is 0 Å². The first-order valence-corrected chi connectivity index (χ1v) is 8.09. The van der Waals surface area contributed by atoms with Gasteiger partial charge in [-0.15, -0.1) is 0 Å². The van der Waals surface area contributed by atoms with Gasteiger partial charge in [-0.3, -0.25) is 14.6 Å². The van der Waals surface area contributed by atoms with E-state index in [4.69, 9.17) is 4.84 Å². The number of benzene rings is 2. The topological polar surface area (TPSA) is 61.9 Å². The van der Waals surface area contributed by atoms with Gasteiger partial charge in [-0.25, -0.2) is 0 Å². The molecule has 126 valence electrons. The lowest BCUT2D eigenvalue weighted by atomic mass is 10.0. The number of carbonyl (C=O) groups excluding carboxylic acids is 2. The summed E-state index contributed by atoms with van der Waals surface area (Å²) in [5.41, 5.74) is 5.30. The molecule has 2 aromatic carbocycles. The fraction of sp³-hybridized carbons (Fsp3) is 0.158. The molecule has 2 aromatic rings. The highest BCUT2D eigenvalue weighted by atomic mass is 16.7. The molecule has 0 aromatic heterocycles. The van der Waals surface area contributed by atoms with E-state index in [1.807, 2.05) is 42.5 Å². The molecule has 1 unspecified atom stereocenters. The van der Waals surface area contributed by atoms with Crippen molar-refractivity contribution in [3.8, 4) is 11.1 Å². The van der Waals surface area contributed by atoms with Gasteiger partial charge in [-0.05, 0) is 23.3 Å². The monoisotopic (exact) mass is 335 g/mol. The van der Waals surface area contributed by atoms with Crippen LogP contribution in [-0.2, 0) is 9.63 Å². The van der Waals surface area contributed by atoms with Gasteiger partial charge >= 0.3 is 0 Å². The van der Waals surface area contributed by atoms with Crippen LogP contribution in [0.3, 0.4) is 0 Å². The van der Waals surface area contributed by atoms with Crippen molar-refractivity contribution in [2.24, 2.45) is 0 Å². The summed E-state index contributed by atoms with van der Waals surface area (Å²) in [5.74, 6) is -0.186. The Bertz CT molecular complexity index is 818. The Morgan fingerprint density at radius 1 is 1.04 bits per heavy atom. The number of carbonyl (C=O) groups is 2. The van der Waals surface area contributed by atoms with Gasteiger partial charge in [0, 0.05) is 18.5 Å². The maximum atomic E-state index is 12.9. The van der Waals surface area contributed by atoms with Crippen LogP contribution in [0, 0.1) is 0 Å². The maximum absolute atomic E-state index is 12.9. The van der Waals surface area contributed by atoms with Crippen LogP contribution < -0.4 is 5.59 Å². The second-order valence-corrected chi connectivity index (χ2v) is 5.93. The molecule has 0 spiro atoms. The van der Waals surface area contributed by atoms with E-state index in [2.05, 4.69) is 5.59 Å². The van der Waals surface area contributed by atoms with Crippen molar-refractivity contribution in [2.75, 3.05) is 6.54 Å².